The van der Waals surface area contributed by atoms with Crippen molar-refractivity contribution in [1.29, 1.82) is 0 Å². The first-order chi connectivity index (χ1) is 14.1. The van der Waals surface area contributed by atoms with Crippen molar-refractivity contribution in [3.63, 3.8) is 0 Å². The lowest BCUT2D eigenvalue weighted by molar-refractivity contribution is 0.0527. The van der Waals surface area contributed by atoms with E-state index >= 15 is 0 Å². The number of rotatable bonds is 5. The Morgan fingerprint density at radius 3 is 2.59 bits per heavy atom. The van der Waals surface area contributed by atoms with E-state index in [1.54, 1.807) is 19.1 Å². The van der Waals surface area contributed by atoms with Crippen LogP contribution in [0.1, 0.15) is 30.1 Å². The van der Waals surface area contributed by atoms with Gasteiger partial charge in [0.15, 0.2) is 0 Å². The number of benzene rings is 2. The van der Waals surface area contributed by atoms with Crippen molar-refractivity contribution in [3.8, 4) is 0 Å². The van der Waals surface area contributed by atoms with Gasteiger partial charge in [0.05, 0.1) is 22.8 Å². The minimum absolute atomic E-state index is 0.275. The van der Waals surface area contributed by atoms with Gasteiger partial charge in [-0.3, -0.25) is 4.98 Å². The molecule has 0 saturated carbocycles. The molecule has 5 nitrogen and oxygen atoms in total. The van der Waals surface area contributed by atoms with Crippen molar-refractivity contribution < 1.29 is 9.53 Å². The van der Waals surface area contributed by atoms with E-state index < -0.39 is 5.97 Å². The predicted molar refractivity (Wildman–Crippen MR) is 119 cm³/mol. The number of anilines is 3. The molecule has 1 saturated heterocycles. The molecule has 1 N–H and O–H groups in total. The number of pyridine rings is 1. The van der Waals surface area contributed by atoms with Gasteiger partial charge in [-0.1, -0.05) is 23.2 Å². The van der Waals surface area contributed by atoms with Gasteiger partial charge in [-0.2, -0.15) is 0 Å². The molecular weight excluding hydrogens is 409 g/mol. The van der Waals surface area contributed by atoms with Gasteiger partial charge in [-0.15, -0.1) is 0 Å². The van der Waals surface area contributed by atoms with Crippen LogP contribution in [0.15, 0.2) is 42.6 Å². The summed E-state index contributed by atoms with van der Waals surface area (Å²) in [5.41, 5.74) is 3.53. The first-order valence-corrected chi connectivity index (χ1v) is 10.4. The molecule has 0 atom stereocenters. The van der Waals surface area contributed by atoms with E-state index in [1.165, 1.54) is 24.7 Å². The third-order valence-electron chi connectivity index (χ3n) is 4.99. The first-order valence-electron chi connectivity index (χ1n) is 9.63. The Hall–Kier alpha value is -2.50. The highest BCUT2D eigenvalue weighted by Crippen LogP contribution is 2.35. The van der Waals surface area contributed by atoms with Gasteiger partial charge >= 0.3 is 5.97 Å². The summed E-state index contributed by atoms with van der Waals surface area (Å²) >= 11 is 12.6. The number of nitrogens with zero attached hydrogens (tertiary/aromatic N) is 2. The summed E-state index contributed by atoms with van der Waals surface area (Å²) in [5.74, 6) is -0.450. The van der Waals surface area contributed by atoms with E-state index in [9.17, 15) is 4.79 Å². The number of fused-ring (bicyclic) bond motifs is 1. The molecule has 0 amide bonds. The number of hydrogen-bond acceptors (Lipinski definition) is 5. The molecule has 1 aliphatic rings. The number of carbonyl (C=O) groups excluding carboxylic acids is 1. The quantitative estimate of drug-likeness (QED) is 0.499. The molecule has 4 rings (SSSR count). The van der Waals surface area contributed by atoms with Crippen LogP contribution >= 0.6 is 23.2 Å². The zero-order chi connectivity index (χ0) is 20.4. The topological polar surface area (TPSA) is 54.5 Å². The second-order valence-corrected chi connectivity index (χ2v) is 7.76. The Balaban J connectivity index is 1.75. The van der Waals surface area contributed by atoms with Gasteiger partial charge in [0.2, 0.25) is 0 Å². The molecule has 1 aromatic heterocycles. The van der Waals surface area contributed by atoms with E-state index in [4.69, 9.17) is 27.9 Å². The minimum atomic E-state index is -0.450. The fourth-order valence-corrected chi connectivity index (χ4v) is 4.14. The van der Waals surface area contributed by atoms with Gasteiger partial charge in [-0.05, 0) is 56.2 Å². The van der Waals surface area contributed by atoms with Crippen LogP contribution in [0, 0.1) is 0 Å². The fraction of sp³-hybridized carbons (Fsp3) is 0.273. The highest BCUT2D eigenvalue weighted by molar-refractivity contribution is 6.38. The maximum absolute atomic E-state index is 12.5. The second-order valence-electron chi connectivity index (χ2n) is 6.92. The molecule has 2 aromatic carbocycles. The van der Waals surface area contributed by atoms with Crippen LogP contribution in [0.2, 0.25) is 10.0 Å². The number of aromatic nitrogens is 1. The molecule has 7 heteroatoms. The van der Waals surface area contributed by atoms with E-state index in [-0.39, 0.29) is 6.61 Å². The van der Waals surface area contributed by atoms with Crippen LogP contribution in [-0.4, -0.2) is 30.6 Å². The van der Waals surface area contributed by atoms with Crippen LogP contribution in [0.5, 0.6) is 0 Å². The Morgan fingerprint density at radius 1 is 1.17 bits per heavy atom. The number of halogens is 2. The van der Waals surface area contributed by atoms with Crippen molar-refractivity contribution in [1.82, 2.24) is 4.98 Å². The second kappa shape index (κ2) is 8.47. The Bertz CT molecular complexity index is 1050. The normalized spacial score (nSPS) is 13.7. The monoisotopic (exact) mass is 429 g/mol. The molecule has 0 spiro atoms. The molecule has 0 bridgehead atoms. The van der Waals surface area contributed by atoms with E-state index in [0.717, 1.165) is 18.8 Å². The summed E-state index contributed by atoms with van der Waals surface area (Å²) < 4.78 is 5.21. The van der Waals surface area contributed by atoms with E-state index in [2.05, 4.69) is 27.3 Å². The lowest BCUT2D eigenvalue weighted by Gasteiger charge is -2.19. The van der Waals surface area contributed by atoms with Gasteiger partial charge in [0.25, 0.3) is 0 Å². The molecule has 1 aliphatic heterocycles. The first kappa shape index (κ1) is 19.8. The van der Waals surface area contributed by atoms with Crippen LogP contribution in [0.25, 0.3) is 10.9 Å². The standard InChI is InChI=1S/C22H21Cl2N3O2/c1-2-29-22(28)18-13-25-21-17(11-14(23)12-19(21)24)20(18)26-15-5-7-16(8-6-15)27-9-3-4-10-27/h5-8,11-13H,2-4,9-10H2,1H3,(H,25,26). The van der Waals surface area contributed by atoms with Gasteiger partial charge in [-0.25, -0.2) is 4.79 Å². The molecule has 0 radical (unpaired) electrons. The van der Waals surface area contributed by atoms with Gasteiger partial charge in [0, 0.05) is 41.1 Å². The molecule has 150 valence electrons. The predicted octanol–water partition coefficient (Wildman–Crippen LogP) is 6.06. The number of ether oxygens (including phenoxy) is 1. The smallest absolute Gasteiger partial charge is 0.341 e. The third kappa shape index (κ3) is 4.11. The Kier molecular flexibility index (Phi) is 5.79. The zero-order valence-corrected chi connectivity index (χ0v) is 17.6. The summed E-state index contributed by atoms with van der Waals surface area (Å²) in [4.78, 5) is 19.2. The molecule has 29 heavy (non-hydrogen) atoms. The number of carbonyl (C=O) groups is 1. The lowest BCUT2D eigenvalue weighted by Crippen LogP contribution is -2.17. The van der Waals surface area contributed by atoms with Crippen LogP contribution < -0.4 is 10.2 Å². The molecule has 0 aliphatic carbocycles. The van der Waals surface area contributed by atoms with Crippen molar-refractivity contribution in [2.24, 2.45) is 0 Å². The maximum atomic E-state index is 12.5. The van der Waals surface area contributed by atoms with E-state index in [0.29, 0.717) is 32.2 Å². The zero-order valence-electron chi connectivity index (χ0n) is 16.0. The molecule has 2 heterocycles. The average Bonchev–Trinajstić information content (AvgIpc) is 3.24. The lowest BCUT2D eigenvalue weighted by atomic mass is 10.1. The van der Waals surface area contributed by atoms with Crippen LogP contribution in [0.3, 0.4) is 0 Å². The van der Waals surface area contributed by atoms with Crippen molar-refractivity contribution in [3.05, 3.63) is 58.2 Å². The largest absolute Gasteiger partial charge is 0.462 e. The highest BCUT2D eigenvalue weighted by Gasteiger charge is 2.19. The van der Waals surface area contributed by atoms with Crippen LogP contribution in [-0.2, 0) is 4.74 Å². The Morgan fingerprint density at radius 2 is 1.90 bits per heavy atom. The summed E-state index contributed by atoms with van der Waals surface area (Å²) in [5, 5.41) is 4.91. The third-order valence-corrected chi connectivity index (χ3v) is 5.50. The molecule has 0 unspecified atom stereocenters. The highest BCUT2D eigenvalue weighted by atomic mass is 35.5. The molecule has 3 aromatic rings. The van der Waals surface area contributed by atoms with E-state index in [1.807, 2.05) is 12.1 Å². The summed E-state index contributed by atoms with van der Waals surface area (Å²) in [6.07, 6.45) is 3.95. The van der Waals surface area contributed by atoms with Crippen molar-refractivity contribution in [2.75, 3.05) is 29.9 Å². The molecule has 1 fully saturated rings. The molecular formula is C22H21Cl2N3O2. The van der Waals surface area contributed by atoms with Gasteiger partial charge in [0.1, 0.15) is 5.56 Å². The van der Waals surface area contributed by atoms with Crippen molar-refractivity contribution >= 4 is 57.1 Å². The number of hydrogen-bond donors (Lipinski definition) is 1. The summed E-state index contributed by atoms with van der Waals surface area (Å²) in [6, 6.07) is 11.6. The maximum Gasteiger partial charge on any atom is 0.341 e. The SMILES string of the molecule is CCOC(=O)c1cnc2c(Cl)cc(Cl)cc2c1Nc1ccc(N2CCCC2)cc1. The van der Waals surface area contributed by atoms with Gasteiger partial charge < -0.3 is 15.0 Å². The van der Waals surface area contributed by atoms with Crippen LogP contribution in [0.4, 0.5) is 17.1 Å². The summed E-state index contributed by atoms with van der Waals surface area (Å²) in [6.45, 7) is 4.22. The number of esters is 1. The minimum Gasteiger partial charge on any atom is -0.462 e. The fourth-order valence-electron chi connectivity index (χ4n) is 3.60. The number of nitrogens with one attached hydrogen (secondary N) is 1. The van der Waals surface area contributed by atoms with Crippen molar-refractivity contribution in [2.45, 2.75) is 19.8 Å². The summed E-state index contributed by atoms with van der Waals surface area (Å²) in [7, 11) is 0. The Labute approximate surface area is 179 Å². The average molecular weight is 430 g/mol.